The summed E-state index contributed by atoms with van der Waals surface area (Å²) in [5, 5.41) is 4.94. The highest BCUT2D eigenvalue weighted by molar-refractivity contribution is 7.11. The number of aromatic nitrogens is 1. The molecule has 0 amide bonds. The average molecular weight is 280 g/mol. The lowest BCUT2D eigenvalue weighted by molar-refractivity contribution is 0.0539. The van der Waals surface area contributed by atoms with Crippen LogP contribution >= 0.6 is 11.3 Å². The Morgan fingerprint density at radius 2 is 2.26 bits per heavy atom. The van der Waals surface area contributed by atoms with Crippen LogP contribution in [0.2, 0.25) is 0 Å². The summed E-state index contributed by atoms with van der Waals surface area (Å²) >= 11 is 1.89. The van der Waals surface area contributed by atoms with Crippen LogP contribution in [-0.4, -0.2) is 24.2 Å². The van der Waals surface area contributed by atoms with Crippen molar-refractivity contribution in [3.8, 4) is 0 Å². The lowest BCUT2D eigenvalue weighted by atomic mass is 9.93. The quantitative estimate of drug-likeness (QED) is 0.869. The fourth-order valence-electron chi connectivity index (χ4n) is 2.91. The Morgan fingerprint density at radius 1 is 1.42 bits per heavy atom. The molecule has 1 saturated carbocycles. The van der Waals surface area contributed by atoms with Crippen LogP contribution in [0.15, 0.2) is 6.20 Å². The summed E-state index contributed by atoms with van der Waals surface area (Å²) in [6, 6.07) is 0. The number of ether oxygens (including phenoxy) is 1. The number of thiazole rings is 1. The van der Waals surface area contributed by atoms with E-state index in [4.69, 9.17) is 4.74 Å². The number of nitrogens with one attached hydrogen (secondary N) is 1. The minimum atomic E-state index is 0.441. The van der Waals surface area contributed by atoms with Crippen molar-refractivity contribution >= 4 is 11.3 Å². The largest absolute Gasteiger partial charge is 0.378 e. The predicted octanol–water partition coefficient (Wildman–Crippen LogP) is 3.17. The zero-order valence-electron chi connectivity index (χ0n) is 11.9. The molecule has 4 heteroatoms. The van der Waals surface area contributed by atoms with Crippen LogP contribution in [0.25, 0.3) is 0 Å². The molecule has 3 nitrogen and oxygen atoms in total. The summed E-state index contributed by atoms with van der Waals surface area (Å²) < 4.78 is 5.82. The Labute approximate surface area is 119 Å². The molecular weight excluding hydrogens is 256 g/mol. The molecule has 1 aliphatic heterocycles. The summed E-state index contributed by atoms with van der Waals surface area (Å²) in [6.45, 7) is 7.48. The number of hydrogen-bond acceptors (Lipinski definition) is 4. The molecule has 2 heterocycles. The molecule has 0 spiro atoms. The first kappa shape index (κ1) is 13.5. The SMILES string of the molecule is CC(C)[C@H]1OCC[C@@H]1CNCc1cnc(C2CC2)s1. The van der Waals surface area contributed by atoms with E-state index in [0.717, 1.165) is 25.6 Å². The molecule has 1 saturated heterocycles. The Morgan fingerprint density at radius 3 is 3.00 bits per heavy atom. The molecule has 19 heavy (non-hydrogen) atoms. The molecule has 0 bridgehead atoms. The Hall–Kier alpha value is -0.450. The third-order valence-corrected chi connectivity index (χ3v) is 5.28. The third-order valence-electron chi connectivity index (χ3n) is 4.12. The maximum Gasteiger partial charge on any atom is 0.0959 e. The highest BCUT2D eigenvalue weighted by Gasteiger charge is 2.30. The minimum absolute atomic E-state index is 0.441. The summed E-state index contributed by atoms with van der Waals surface area (Å²) in [7, 11) is 0. The van der Waals surface area contributed by atoms with Gasteiger partial charge < -0.3 is 10.1 Å². The second-order valence-electron chi connectivity index (χ2n) is 6.20. The average Bonchev–Trinajstić information content (AvgIpc) is 2.95. The second kappa shape index (κ2) is 5.90. The van der Waals surface area contributed by atoms with E-state index in [1.165, 1.54) is 29.1 Å². The van der Waals surface area contributed by atoms with Crippen LogP contribution < -0.4 is 5.32 Å². The second-order valence-corrected chi connectivity index (χ2v) is 7.34. The van der Waals surface area contributed by atoms with Crippen LogP contribution in [-0.2, 0) is 11.3 Å². The molecular formula is C15H24N2OS. The van der Waals surface area contributed by atoms with Gasteiger partial charge in [0.05, 0.1) is 11.1 Å². The van der Waals surface area contributed by atoms with Crippen molar-refractivity contribution in [1.82, 2.24) is 10.3 Å². The molecule has 0 radical (unpaired) electrons. The van der Waals surface area contributed by atoms with Crippen LogP contribution in [0.3, 0.4) is 0 Å². The first-order chi connectivity index (χ1) is 9.24. The van der Waals surface area contributed by atoms with E-state index in [0.29, 0.717) is 17.9 Å². The van der Waals surface area contributed by atoms with Crippen molar-refractivity contribution in [3.63, 3.8) is 0 Å². The number of hydrogen-bond donors (Lipinski definition) is 1. The summed E-state index contributed by atoms with van der Waals surface area (Å²) in [6.07, 6.45) is 6.38. The van der Waals surface area contributed by atoms with Gasteiger partial charge in [-0.15, -0.1) is 11.3 Å². The van der Waals surface area contributed by atoms with Gasteiger partial charge >= 0.3 is 0 Å². The molecule has 3 rings (SSSR count). The van der Waals surface area contributed by atoms with Crippen molar-refractivity contribution < 1.29 is 4.74 Å². The van der Waals surface area contributed by atoms with E-state index in [1.54, 1.807) is 0 Å². The molecule has 1 aliphatic carbocycles. The van der Waals surface area contributed by atoms with E-state index in [-0.39, 0.29) is 0 Å². The van der Waals surface area contributed by atoms with Gasteiger partial charge in [-0.3, -0.25) is 0 Å². The van der Waals surface area contributed by atoms with Crippen molar-refractivity contribution in [3.05, 3.63) is 16.1 Å². The van der Waals surface area contributed by atoms with E-state index < -0.39 is 0 Å². The van der Waals surface area contributed by atoms with Gasteiger partial charge in [0.15, 0.2) is 0 Å². The third kappa shape index (κ3) is 3.36. The van der Waals surface area contributed by atoms with Crippen molar-refractivity contribution in [2.24, 2.45) is 11.8 Å². The fraction of sp³-hybridized carbons (Fsp3) is 0.800. The van der Waals surface area contributed by atoms with Crippen molar-refractivity contribution in [2.75, 3.05) is 13.2 Å². The monoisotopic (exact) mass is 280 g/mol. The standard InChI is InChI=1S/C15H24N2OS/c1-10(2)14-12(5-6-18-14)7-16-8-13-9-17-15(19-13)11-3-4-11/h9-12,14,16H,3-8H2,1-2H3/t12-,14-/m1/s1. The molecule has 106 valence electrons. The lowest BCUT2D eigenvalue weighted by Crippen LogP contribution is -2.31. The summed E-state index contributed by atoms with van der Waals surface area (Å²) in [5.74, 6) is 2.09. The van der Waals surface area contributed by atoms with Gasteiger partial charge in [0.25, 0.3) is 0 Å². The molecule has 0 aromatic carbocycles. The zero-order valence-corrected chi connectivity index (χ0v) is 12.7. The molecule has 0 unspecified atom stereocenters. The first-order valence-electron chi connectivity index (χ1n) is 7.51. The van der Waals surface area contributed by atoms with Gasteiger partial charge in [0, 0.05) is 36.7 Å². The maximum absolute atomic E-state index is 5.82. The number of rotatable bonds is 6. The van der Waals surface area contributed by atoms with Crippen LogP contribution in [0.4, 0.5) is 0 Å². The normalized spacial score (nSPS) is 27.3. The molecule has 2 fully saturated rings. The smallest absolute Gasteiger partial charge is 0.0959 e. The molecule has 1 aromatic rings. The van der Waals surface area contributed by atoms with Crippen LogP contribution in [0.5, 0.6) is 0 Å². The predicted molar refractivity (Wildman–Crippen MR) is 78.5 cm³/mol. The van der Waals surface area contributed by atoms with E-state index in [9.17, 15) is 0 Å². The zero-order chi connectivity index (χ0) is 13.2. The first-order valence-corrected chi connectivity index (χ1v) is 8.32. The van der Waals surface area contributed by atoms with Gasteiger partial charge in [-0.25, -0.2) is 4.98 Å². The van der Waals surface area contributed by atoms with Crippen molar-refractivity contribution in [2.45, 2.75) is 51.7 Å². The summed E-state index contributed by atoms with van der Waals surface area (Å²) in [4.78, 5) is 5.90. The van der Waals surface area contributed by atoms with Gasteiger partial charge in [-0.2, -0.15) is 0 Å². The van der Waals surface area contributed by atoms with Gasteiger partial charge in [0.1, 0.15) is 0 Å². The molecule has 2 atom stereocenters. The Kier molecular flexibility index (Phi) is 4.20. The lowest BCUT2D eigenvalue weighted by Gasteiger charge is -2.22. The molecule has 2 aliphatic rings. The van der Waals surface area contributed by atoms with E-state index in [1.807, 2.05) is 11.3 Å². The molecule has 1 N–H and O–H groups in total. The minimum Gasteiger partial charge on any atom is -0.378 e. The van der Waals surface area contributed by atoms with Crippen molar-refractivity contribution in [1.29, 1.82) is 0 Å². The molecule has 1 aromatic heterocycles. The highest BCUT2D eigenvalue weighted by Crippen LogP contribution is 2.41. The topological polar surface area (TPSA) is 34.1 Å². The Bertz CT molecular complexity index is 414. The van der Waals surface area contributed by atoms with E-state index in [2.05, 4.69) is 30.3 Å². The maximum atomic E-state index is 5.82. The Balaban J connectivity index is 1.44. The van der Waals surface area contributed by atoms with Crippen LogP contribution in [0, 0.1) is 11.8 Å². The van der Waals surface area contributed by atoms with Gasteiger partial charge in [0.2, 0.25) is 0 Å². The van der Waals surface area contributed by atoms with E-state index >= 15 is 0 Å². The highest BCUT2D eigenvalue weighted by atomic mass is 32.1. The summed E-state index contributed by atoms with van der Waals surface area (Å²) in [5.41, 5.74) is 0. The van der Waals surface area contributed by atoms with Gasteiger partial charge in [-0.1, -0.05) is 13.8 Å². The fourth-order valence-corrected chi connectivity index (χ4v) is 3.97. The van der Waals surface area contributed by atoms with Gasteiger partial charge in [-0.05, 0) is 31.1 Å². The van der Waals surface area contributed by atoms with Crippen LogP contribution in [0.1, 0.15) is 48.9 Å². The number of nitrogens with zero attached hydrogens (tertiary/aromatic N) is 1.